The molecule has 5 rings (SSSR count). The number of thiazole rings is 1. The third-order valence-corrected chi connectivity index (χ3v) is 8.32. The largest absolute Gasteiger partial charge is 0.467 e. The van der Waals surface area contributed by atoms with Crippen LogP contribution in [0.25, 0.3) is 10.9 Å². The van der Waals surface area contributed by atoms with Crippen molar-refractivity contribution in [3.05, 3.63) is 52.7 Å². The van der Waals surface area contributed by atoms with Crippen molar-refractivity contribution in [2.45, 2.75) is 70.6 Å². The number of fused-ring (bicyclic) bond motifs is 2. The number of aromatic nitrogens is 2. The smallest absolute Gasteiger partial charge is 0.273 e. The minimum Gasteiger partial charge on any atom is -0.467 e. The van der Waals surface area contributed by atoms with Gasteiger partial charge in [0.25, 0.3) is 11.1 Å². The first-order valence-corrected chi connectivity index (χ1v) is 13.8. The maximum Gasteiger partial charge on any atom is 0.273 e. The Morgan fingerprint density at radius 1 is 1.22 bits per heavy atom. The molecule has 2 aromatic heterocycles. The minimum absolute atomic E-state index is 0.00265. The van der Waals surface area contributed by atoms with Gasteiger partial charge in [-0.3, -0.25) is 14.7 Å². The predicted molar refractivity (Wildman–Crippen MR) is 141 cm³/mol. The Morgan fingerprint density at radius 3 is 2.86 bits per heavy atom. The van der Waals surface area contributed by atoms with Crippen molar-refractivity contribution >= 4 is 28.1 Å². The van der Waals surface area contributed by atoms with Gasteiger partial charge >= 0.3 is 0 Å². The molecule has 0 spiro atoms. The summed E-state index contributed by atoms with van der Waals surface area (Å²) in [5, 5.41) is 4.76. The zero-order valence-corrected chi connectivity index (χ0v) is 22.0. The molecule has 1 aliphatic heterocycles. The zero-order valence-electron chi connectivity index (χ0n) is 21.1. The van der Waals surface area contributed by atoms with E-state index in [1.54, 1.807) is 17.5 Å². The van der Waals surface area contributed by atoms with Gasteiger partial charge in [0, 0.05) is 41.2 Å². The summed E-state index contributed by atoms with van der Waals surface area (Å²) in [7, 11) is 0. The molecule has 0 atom stereocenters. The Kier molecular flexibility index (Phi) is 7.53. The molecule has 1 N–H and O–H groups in total. The second-order valence-corrected chi connectivity index (χ2v) is 11.8. The average Bonchev–Trinajstić information content (AvgIpc) is 3.29. The molecule has 2 aliphatic rings. The molecule has 1 fully saturated rings. The molecular formula is C28H35FN4O2S. The number of carbonyl (C=O) groups is 1. The first-order chi connectivity index (χ1) is 17.3. The molecule has 3 heterocycles. The molecule has 0 radical (unpaired) electrons. The van der Waals surface area contributed by atoms with Gasteiger partial charge < -0.3 is 10.1 Å². The van der Waals surface area contributed by atoms with Crippen LogP contribution in [0.2, 0.25) is 0 Å². The van der Waals surface area contributed by atoms with Gasteiger partial charge in [-0.25, -0.2) is 9.37 Å². The van der Waals surface area contributed by atoms with Crippen LogP contribution in [0.4, 0.5) is 4.39 Å². The number of benzene rings is 1. The summed E-state index contributed by atoms with van der Waals surface area (Å²) in [6, 6.07) is 9.79. The molecule has 192 valence electrons. The van der Waals surface area contributed by atoms with Crippen molar-refractivity contribution in [1.82, 2.24) is 20.2 Å². The normalized spacial score (nSPS) is 20.8. The molecule has 1 aromatic carbocycles. The molecule has 0 saturated heterocycles. The van der Waals surface area contributed by atoms with Gasteiger partial charge in [-0.05, 0) is 83.0 Å². The topological polar surface area (TPSA) is 67.3 Å². The van der Waals surface area contributed by atoms with E-state index in [4.69, 9.17) is 4.74 Å². The zero-order chi connectivity index (χ0) is 25.1. The number of hydrogen-bond acceptors (Lipinski definition) is 6. The van der Waals surface area contributed by atoms with Crippen molar-refractivity contribution < 1.29 is 13.9 Å². The van der Waals surface area contributed by atoms with Crippen LogP contribution in [0.5, 0.6) is 5.19 Å². The monoisotopic (exact) mass is 510 g/mol. The maximum absolute atomic E-state index is 13.7. The van der Waals surface area contributed by atoms with Crippen LogP contribution in [0, 0.1) is 5.92 Å². The highest BCUT2D eigenvalue weighted by Gasteiger charge is 2.26. The lowest BCUT2D eigenvalue weighted by atomic mass is 9.84. The summed E-state index contributed by atoms with van der Waals surface area (Å²) in [6.07, 6.45) is 8.27. The Bertz CT molecular complexity index is 1190. The Hall–Kier alpha value is -2.58. The van der Waals surface area contributed by atoms with Crippen LogP contribution < -0.4 is 10.1 Å². The number of hydrogen-bond donors (Lipinski definition) is 1. The SMILES string of the molecule is CC(C)(F)COc1nc2c(s1)CCN(CC[C@H]1CC[C@H](NC(=O)c3cccc4ncccc34)CC1)C2. The summed E-state index contributed by atoms with van der Waals surface area (Å²) >= 11 is 1.56. The number of ether oxygens (including phenoxy) is 1. The number of rotatable bonds is 8. The van der Waals surface area contributed by atoms with E-state index in [0.29, 0.717) is 16.7 Å². The fourth-order valence-corrected chi connectivity index (χ4v) is 6.15. The van der Waals surface area contributed by atoms with E-state index in [9.17, 15) is 9.18 Å². The molecule has 1 aliphatic carbocycles. The highest BCUT2D eigenvalue weighted by Crippen LogP contribution is 2.32. The Labute approximate surface area is 216 Å². The Balaban J connectivity index is 1.06. The van der Waals surface area contributed by atoms with E-state index >= 15 is 0 Å². The van der Waals surface area contributed by atoms with E-state index in [-0.39, 0.29) is 18.6 Å². The molecule has 6 nitrogen and oxygen atoms in total. The van der Waals surface area contributed by atoms with Gasteiger partial charge in [-0.15, -0.1) is 0 Å². The van der Waals surface area contributed by atoms with Crippen LogP contribution >= 0.6 is 11.3 Å². The summed E-state index contributed by atoms with van der Waals surface area (Å²) < 4.78 is 19.3. The van der Waals surface area contributed by atoms with Gasteiger partial charge in [-0.2, -0.15) is 0 Å². The van der Waals surface area contributed by atoms with Crippen molar-refractivity contribution in [3.63, 3.8) is 0 Å². The van der Waals surface area contributed by atoms with Gasteiger partial charge in [0.1, 0.15) is 12.3 Å². The van der Waals surface area contributed by atoms with Crippen LogP contribution in [0.3, 0.4) is 0 Å². The molecular weight excluding hydrogens is 475 g/mol. The fraction of sp³-hybridized carbons (Fsp3) is 0.536. The number of pyridine rings is 1. The van der Waals surface area contributed by atoms with E-state index in [0.717, 1.165) is 68.3 Å². The van der Waals surface area contributed by atoms with Crippen molar-refractivity contribution in [2.24, 2.45) is 5.92 Å². The van der Waals surface area contributed by atoms with Crippen LogP contribution in [-0.4, -0.2) is 52.2 Å². The summed E-state index contributed by atoms with van der Waals surface area (Å²) in [4.78, 5) is 25.7. The number of halogens is 1. The summed E-state index contributed by atoms with van der Waals surface area (Å²) in [6.45, 7) is 6.02. The van der Waals surface area contributed by atoms with E-state index in [2.05, 4.69) is 20.2 Å². The van der Waals surface area contributed by atoms with Gasteiger partial charge in [0.15, 0.2) is 0 Å². The first-order valence-electron chi connectivity index (χ1n) is 13.0. The summed E-state index contributed by atoms with van der Waals surface area (Å²) in [5.41, 5.74) is 1.29. The van der Waals surface area contributed by atoms with E-state index in [1.165, 1.54) is 25.1 Å². The molecule has 1 saturated carbocycles. The highest BCUT2D eigenvalue weighted by atomic mass is 32.1. The van der Waals surface area contributed by atoms with Crippen LogP contribution in [0.15, 0.2) is 36.5 Å². The first kappa shape index (κ1) is 25.1. The number of nitrogens with zero attached hydrogens (tertiary/aromatic N) is 3. The lowest BCUT2D eigenvalue weighted by Crippen LogP contribution is -2.38. The highest BCUT2D eigenvalue weighted by molar-refractivity contribution is 7.13. The van der Waals surface area contributed by atoms with Gasteiger partial charge in [-0.1, -0.05) is 23.5 Å². The standard InChI is InChI=1S/C28H35FN4O2S/c1-28(2,29)18-35-27-32-24-17-33(16-13-25(24)36-27)15-12-19-8-10-20(11-9-19)31-26(34)22-5-3-7-23-21(22)6-4-14-30-23/h3-7,14,19-20H,8-13,15-18H2,1-2H3,(H,31,34)/t19-,20-. The third-order valence-electron chi connectivity index (χ3n) is 7.25. The average molecular weight is 511 g/mol. The van der Waals surface area contributed by atoms with E-state index < -0.39 is 5.67 Å². The third kappa shape index (κ3) is 6.21. The second-order valence-electron chi connectivity index (χ2n) is 10.7. The number of nitrogens with one attached hydrogen (secondary N) is 1. The van der Waals surface area contributed by atoms with Crippen LogP contribution in [0.1, 0.15) is 66.9 Å². The second kappa shape index (κ2) is 10.8. The number of alkyl halides is 1. The number of amides is 1. The maximum atomic E-state index is 13.7. The molecule has 3 aromatic rings. The molecule has 36 heavy (non-hydrogen) atoms. The quantitative estimate of drug-likeness (QED) is 0.430. The minimum atomic E-state index is -1.35. The Morgan fingerprint density at radius 2 is 2.06 bits per heavy atom. The number of carbonyl (C=O) groups excluding carboxylic acids is 1. The van der Waals surface area contributed by atoms with Gasteiger partial charge in [0.2, 0.25) is 0 Å². The lowest BCUT2D eigenvalue weighted by Gasteiger charge is -2.32. The molecule has 1 amide bonds. The van der Waals surface area contributed by atoms with Crippen LogP contribution in [-0.2, 0) is 13.0 Å². The molecule has 0 bridgehead atoms. The van der Waals surface area contributed by atoms with Crippen molar-refractivity contribution in [2.75, 3.05) is 19.7 Å². The van der Waals surface area contributed by atoms with Crippen molar-refractivity contribution in [3.8, 4) is 5.19 Å². The van der Waals surface area contributed by atoms with E-state index in [1.807, 2.05) is 30.3 Å². The lowest BCUT2D eigenvalue weighted by molar-refractivity contribution is 0.0921. The van der Waals surface area contributed by atoms with Gasteiger partial charge in [0.05, 0.1) is 11.2 Å². The fourth-order valence-electron chi connectivity index (χ4n) is 5.24. The summed E-state index contributed by atoms with van der Waals surface area (Å²) in [5.74, 6) is 0.699. The predicted octanol–water partition coefficient (Wildman–Crippen LogP) is 5.56. The molecule has 0 unspecified atom stereocenters. The molecule has 8 heteroatoms. The van der Waals surface area contributed by atoms with Crippen molar-refractivity contribution in [1.29, 1.82) is 0 Å².